The normalized spacial score (nSPS) is 13.8. The summed E-state index contributed by atoms with van der Waals surface area (Å²) in [5, 5.41) is 32.8. The van der Waals surface area contributed by atoms with Crippen molar-refractivity contribution in [3.05, 3.63) is 43.5 Å². The lowest BCUT2D eigenvalue weighted by molar-refractivity contribution is -0.386. The van der Waals surface area contributed by atoms with Crippen molar-refractivity contribution < 1.29 is 15.1 Å². The Bertz CT molecular complexity index is 806. The molecule has 0 radical (unpaired) electrons. The Hall–Kier alpha value is -2.50. The van der Waals surface area contributed by atoms with Crippen molar-refractivity contribution in [1.29, 1.82) is 0 Å². The van der Waals surface area contributed by atoms with Crippen LogP contribution in [0, 0.1) is 37.8 Å². The van der Waals surface area contributed by atoms with Crippen LogP contribution in [0.2, 0.25) is 0 Å². The number of hydrogen-bond donors (Lipinski definition) is 2. The molecular weight excluding hydrogens is 308 g/mol. The molecule has 3 rings (SSSR count). The van der Waals surface area contributed by atoms with Gasteiger partial charge in [0.1, 0.15) is 0 Å². The number of nitro groups is 1. The molecule has 1 aliphatic rings. The monoisotopic (exact) mass is 330 g/mol. The van der Waals surface area contributed by atoms with Gasteiger partial charge in [0.05, 0.1) is 10.6 Å². The second-order valence-electron chi connectivity index (χ2n) is 6.60. The van der Waals surface area contributed by atoms with Gasteiger partial charge >= 0.3 is 0 Å². The van der Waals surface area contributed by atoms with Crippen LogP contribution in [-0.2, 0) is 12.8 Å². The third-order valence-corrected chi connectivity index (χ3v) is 5.38. The molecule has 1 aromatic heterocycles. The van der Waals surface area contributed by atoms with E-state index in [-0.39, 0.29) is 22.4 Å². The van der Waals surface area contributed by atoms with Crippen molar-refractivity contribution in [1.82, 2.24) is 4.57 Å². The first-order valence-electron chi connectivity index (χ1n) is 8.16. The zero-order valence-electron chi connectivity index (χ0n) is 14.4. The molecule has 0 spiro atoms. The highest BCUT2D eigenvalue weighted by Crippen LogP contribution is 2.44. The Labute approximate surface area is 140 Å². The number of rotatable bonds is 2. The third kappa shape index (κ3) is 2.09. The Morgan fingerprint density at radius 2 is 1.29 bits per heavy atom. The molecule has 0 unspecified atom stereocenters. The number of aromatic hydroxyl groups is 2. The van der Waals surface area contributed by atoms with Gasteiger partial charge in [-0.15, -0.1) is 0 Å². The van der Waals surface area contributed by atoms with Gasteiger partial charge < -0.3 is 10.2 Å². The predicted octanol–water partition coefficient (Wildman–Crippen LogP) is 3.91. The highest BCUT2D eigenvalue weighted by molar-refractivity contribution is 5.67. The van der Waals surface area contributed by atoms with Gasteiger partial charge in [0.25, 0.3) is 5.69 Å². The summed E-state index contributed by atoms with van der Waals surface area (Å²) in [5.41, 5.74) is 4.85. The number of hydrogen-bond acceptors (Lipinski definition) is 4. The Morgan fingerprint density at radius 3 is 1.67 bits per heavy atom. The predicted molar refractivity (Wildman–Crippen MR) is 91.3 cm³/mol. The van der Waals surface area contributed by atoms with Crippen molar-refractivity contribution in [2.75, 3.05) is 0 Å². The molecule has 0 fully saturated rings. The molecule has 1 aliphatic carbocycles. The minimum absolute atomic E-state index is 0.0565. The molecule has 0 saturated carbocycles. The van der Waals surface area contributed by atoms with E-state index in [0.717, 1.165) is 36.8 Å². The Balaban J connectivity index is 2.37. The van der Waals surface area contributed by atoms with Crippen LogP contribution in [0.1, 0.15) is 46.2 Å². The number of nitro benzene ring substituents is 1. The maximum absolute atomic E-state index is 11.4. The van der Waals surface area contributed by atoms with E-state index in [2.05, 4.69) is 0 Å². The summed E-state index contributed by atoms with van der Waals surface area (Å²) in [4.78, 5) is 11.0. The van der Waals surface area contributed by atoms with Gasteiger partial charge in [-0.1, -0.05) is 0 Å². The van der Waals surface area contributed by atoms with Crippen LogP contribution in [0.25, 0.3) is 5.69 Å². The van der Waals surface area contributed by atoms with Crippen molar-refractivity contribution in [3.8, 4) is 17.4 Å². The van der Waals surface area contributed by atoms with E-state index in [4.69, 9.17) is 0 Å². The zero-order chi connectivity index (χ0) is 17.8. The number of nitrogens with zero attached hydrogens (tertiary/aromatic N) is 2. The lowest BCUT2D eigenvalue weighted by Gasteiger charge is -2.18. The maximum atomic E-state index is 11.4. The highest BCUT2D eigenvalue weighted by Gasteiger charge is 2.30. The summed E-state index contributed by atoms with van der Waals surface area (Å²) in [5.74, 6) is 0.113. The molecule has 0 aliphatic heterocycles. The fourth-order valence-electron chi connectivity index (χ4n) is 3.86. The first kappa shape index (κ1) is 16.4. The van der Waals surface area contributed by atoms with E-state index in [1.54, 1.807) is 27.7 Å². The van der Waals surface area contributed by atoms with Gasteiger partial charge in [-0.05, 0) is 64.5 Å². The van der Waals surface area contributed by atoms with Gasteiger partial charge in [-0.25, -0.2) is 0 Å². The molecular formula is C18H22N2O4. The lowest BCUT2D eigenvalue weighted by Crippen LogP contribution is -2.07. The summed E-state index contributed by atoms with van der Waals surface area (Å²) in [6.07, 6.45) is 3.45. The summed E-state index contributed by atoms with van der Waals surface area (Å²) in [6, 6.07) is 0. The van der Waals surface area contributed by atoms with Crippen LogP contribution < -0.4 is 0 Å². The lowest BCUT2D eigenvalue weighted by atomic mass is 9.95. The molecule has 1 aromatic carbocycles. The van der Waals surface area contributed by atoms with Crippen LogP contribution in [0.5, 0.6) is 11.8 Å². The summed E-state index contributed by atoms with van der Waals surface area (Å²) < 4.78 is 1.46. The molecule has 0 amide bonds. The minimum atomic E-state index is -0.366. The summed E-state index contributed by atoms with van der Waals surface area (Å²) >= 11 is 0. The molecule has 0 atom stereocenters. The van der Waals surface area contributed by atoms with Crippen molar-refractivity contribution in [2.24, 2.45) is 0 Å². The van der Waals surface area contributed by atoms with E-state index < -0.39 is 0 Å². The minimum Gasteiger partial charge on any atom is -0.494 e. The molecule has 2 N–H and O–H groups in total. The van der Waals surface area contributed by atoms with Crippen LogP contribution >= 0.6 is 0 Å². The Kier molecular flexibility index (Phi) is 3.78. The van der Waals surface area contributed by atoms with Crippen LogP contribution in [-0.4, -0.2) is 19.7 Å². The highest BCUT2D eigenvalue weighted by atomic mass is 16.6. The van der Waals surface area contributed by atoms with E-state index in [9.17, 15) is 20.3 Å². The van der Waals surface area contributed by atoms with E-state index in [0.29, 0.717) is 27.9 Å². The van der Waals surface area contributed by atoms with Gasteiger partial charge in [-0.3, -0.25) is 14.7 Å². The third-order valence-electron chi connectivity index (χ3n) is 5.38. The molecule has 6 heteroatoms. The molecule has 2 aromatic rings. The molecule has 0 saturated heterocycles. The molecule has 6 nitrogen and oxygen atoms in total. The van der Waals surface area contributed by atoms with Crippen molar-refractivity contribution in [3.63, 3.8) is 0 Å². The Morgan fingerprint density at radius 1 is 0.875 bits per heavy atom. The SMILES string of the molecule is Cc1c(C)c([N+](=O)[O-])c(C)c(C)c1-n1c(O)c2c(c1O)CCCC2. The standard InChI is InChI=1S/C18H22N2O4/c1-9-11(3)16(20(23)24)12(4)10(2)15(9)19-17(21)13-7-5-6-8-14(13)18(19)22/h21-22H,5-8H2,1-4H3. The van der Waals surface area contributed by atoms with Gasteiger partial charge in [0.15, 0.2) is 0 Å². The van der Waals surface area contributed by atoms with Gasteiger partial charge in [-0.2, -0.15) is 0 Å². The van der Waals surface area contributed by atoms with Crippen molar-refractivity contribution >= 4 is 5.69 Å². The van der Waals surface area contributed by atoms with Crippen molar-refractivity contribution in [2.45, 2.75) is 53.4 Å². The number of benzene rings is 1. The fourth-order valence-corrected chi connectivity index (χ4v) is 3.86. The van der Waals surface area contributed by atoms with Crippen LogP contribution in [0.3, 0.4) is 0 Å². The first-order valence-corrected chi connectivity index (χ1v) is 8.16. The molecule has 24 heavy (non-hydrogen) atoms. The average Bonchev–Trinajstić information content (AvgIpc) is 2.79. The largest absolute Gasteiger partial charge is 0.494 e. The van der Waals surface area contributed by atoms with E-state index >= 15 is 0 Å². The van der Waals surface area contributed by atoms with E-state index in [1.807, 2.05) is 0 Å². The number of fused-ring (bicyclic) bond motifs is 1. The molecule has 0 bridgehead atoms. The average molecular weight is 330 g/mol. The smallest absolute Gasteiger partial charge is 0.275 e. The zero-order valence-corrected chi connectivity index (χ0v) is 14.4. The summed E-state index contributed by atoms with van der Waals surface area (Å²) in [7, 11) is 0. The van der Waals surface area contributed by atoms with Crippen LogP contribution in [0.15, 0.2) is 0 Å². The fraction of sp³-hybridized carbons (Fsp3) is 0.444. The van der Waals surface area contributed by atoms with Gasteiger partial charge in [0, 0.05) is 22.3 Å². The van der Waals surface area contributed by atoms with Gasteiger partial charge in [0.2, 0.25) is 11.8 Å². The van der Waals surface area contributed by atoms with E-state index in [1.165, 1.54) is 4.57 Å². The maximum Gasteiger partial charge on any atom is 0.275 e. The quantitative estimate of drug-likeness (QED) is 0.645. The number of aromatic nitrogens is 1. The molecule has 128 valence electrons. The van der Waals surface area contributed by atoms with Crippen LogP contribution in [0.4, 0.5) is 5.69 Å². The second-order valence-corrected chi connectivity index (χ2v) is 6.60. The summed E-state index contributed by atoms with van der Waals surface area (Å²) in [6.45, 7) is 7.01. The second kappa shape index (κ2) is 5.54. The molecule has 1 heterocycles. The topological polar surface area (TPSA) is 88.5 Å². The first-order chi connectivity index (χ1) is 11.3.